The molecule has 0 radical (unpaired) electrons. The number of hydrogen-bond donors (Lipinski definition) is 1. The summed E-state index contributed by atoms with van der Waals surface area (Å²) in [5.41, 5.74) is 0.687. The first kappa shape index (κ1) is 14.6. The lowest BCUT2D eigenvalue weighted by Crippen LogP contribution is -2.17. The number of aromatic amines is 1. The fourth-order valence-corrected chi connectivity index (χ4v) is 2.34. The summed E-state index contributed by atoms with van der Waals surface area (Å²) in [4.78, 5) is 26.6. The number of hydrogen-bond acceptors (Lipinski definition) is 5. The fourth-order valence-electron chi connectivity index (χ4n) is 1.99. The summed E-state index contributed by atoms with van der Waals surface area (Å²) in [6.07, 6.45) is 1.61. The van der Waals surface area contributed by atoms with Crippen LogP contribution >= 0.6 is 15.9 Å². The van der Waals surface area contributed by atoms with E-state index in [1.165, 1.54) is 0 Å². The molecule has 7 heteroatoms. The van der Waals surface area contributed by atoms with Gasteiger partial charge in [-0.25, -0.2) is 4.79 Å². The van der Waals surface area contributed by atoms with Crippen molar-refractivity contribution in [2.45, 2.75) is 0 Å². The van der Waals surface area contributed by atoms with Crippen LogP contribution < -0.4 is 9.47 Å². The van der Waals surface area contributed by atoms with E-state index in [1.54, 1.807) is 30.5 Å². The lowest BCUT2D eigenvalue weighted by molar-refractivity contribution is 0.0469. The van der Waals surface area contributed by atoms with Crippen LogP contribution in [0.15, 0.2) is 34.9 Å². The van der Waals surface area contributed by atoms with Crippen LogP contribution in [-0.4, -0.2) is 36.6 Å². The molecule has 0 amide bonds. The molecule has 0 unspecified atom stereocenters. The van der Waals surface area contributed by atoms with Gasteiger partial charge in [-0.05, 0) is 40.2 Å². The zero-order valence-electron chi connectivity index (χ0n) is 11.4. The van der Waals surface area contributed by atoms with Crippen molar-refractivity contribution in [1.82, 2.24) is 4.98 Å². The van der Waals surface area contributed by atoms with Crippen LogP contribution in [-0.2, 0) is 4.74 Å². The first-order valence-electron chi connectivity index (χ1n) is 6.57. The summed E-state index contributed by atoms with van der Waals surface area (Å²) in [5, 5.41) is 0. The molecule has 22 heavy (non-hydrogen) atoms. The second-order valence-electron chi connectivity index (χ2n) is 4.59. The quantitative estimate of drug-likeness (QED) is 0.665. The van der Waals surface area contributed by atoms with Gasteiger partial charge >= 0.3 is 5.97 Å². The monoisotopic (exact) mass is 365 g/mol. The average molecular weight is 366 g/mol. The van der Waals surface area contributed by atoms with Crippen LogP contribution in [0.2, 0.25) is 0 Å². The molecule has 2 heterocycles. The Labute approximate surface area is 134 Å². The Morgan fingerprint density at radius 2 is 1.95 bits per heavy atom. The number of aromatic nitrogens is 1. The highest BCUT2D eigenvalue weighted by Gasteiger charge is 2.17. The highest BCUT2D eigenvalue weighted by molar-refractivity contribution is 9.10. The number of esters is 1. The minimum Gasteiger partial charge on any atom is -0.486 e. The number of ketones is 1. The molecule has 0 fully saturated rings. The summed E-state index contributed by atoms with van der Waals surface area (Å²) in [6.45, 7) is 0.597. The van der Waals surface area contributed by atoms with Gasteiger partial charge in [0.05, 0.1) is 0 Å². The topological polar surface area (TPSA) is 77.6 Å². The molecular formula is C15H12BrNO5. The molecule has 1 aliphatic rings. The summed E-state index contributed by atoms with van der Waals surface area (Å²) in [7, 11) is 0. The first-order chi connectivity index (χ1) is 10.6. The standard InChI is InChI=1S/C15H12BrNO5/c16-10-6-11(17-7-10)15(19)22-8-12(18)9-1-2-13-14(5-9)21-4-3-20-13/h1-2,5-7,17H,3-4,8H2. The van der Waals surface area contributed by atoms with Gasteiger partial charge in [0.2, 0.25) is 0 Å². The Balaban J connectivity index is 1.63. The summed E-state index contributed by atoms with van der Waals surface area (Å²) < 4.78 is 16.5. The van der Waals surface area contributed by atoms with Gasteiger partial charge in [0.1, 0.15) is 18.9 Å². The van der Waals surface area contributed by atoms with Crippen LogP contribution in [0.5, 0.6) is 11.5 Å². The third-order valence-electron chi connectivity index (χ3n) is 3.07. The van der Waals surface area contributed by atoms with Gasteiger partial charge in [-0.2, -0.15) is 0 Å². The molecule has 6 nitrogen and oxygen atoms in total. The third-order valence-corrected chi connectivity index (χ3v) is 3.52. The maximum atomic E-state index is 12.1. The maximum absolute atomic E-state index is 12.1. The molecule has 114 valence electrons. The Kier molecular flexibility index (Phi) is 4.15. The molecule has 3 rings (SSSR count). The van der Waals surface area contributed by atoms with Gasteiger partial charge in [-0.15, -0.1) is 0 Å². The minimum atomic E-state index is -0.586. The summed E-state index contributed by atoms with van der Waals surface area (Å²) in [6, 6.07) is 6.47. The molecule has 0 bridgehead atoms. The van der Waals surface area contributed by atoms with Crippen molar-refractivity contribution in [3.05, 3.63) is 46.2 Å². The van der Waals surface area contributed by atoms with Crippen molar-refractivity contribution < 1.29 is 23.8 Å². The van der Waals surface area contributed by atoms with E-state index in [9.17, 15) is 9.59 Å². The van der Waals surface area contributed by atoms with Crippen molar-refractivity contribution in [2.24, 2.45) is 0 Å². The second-order valence-corrected chi connectivity index (χ2v) is 5.50. The molecule has 0 saturated carbocycles. The Morgan fingerprint density at radius 1 is 1.18 bits per heavy atom. The van der Waals surface area contributed by atoms with Crippen LogP contribution in [0.3, 0.4) is 0 Å². The first-order valence-corrected chi connectivity index (χ1v) is 7.36. The second kappa shape index (κ2) is 6.23. The number of nitrogens with one attached hydrogen (secondary N) is 1. The smallest absolute Gasteiger partial charge is 0.355 e. The number of rotatable bonds is 4. The molecule has 1 aliphatic heterocycles. The Bertz CT molecular complexity index is 724. The van der Waals surface area contributed by atoms with Crippen molar-refractivity contribution in [3.63, 3.8) is 0 Å². The Hall–Kier alpha value is -2.28. The minimum absolute atomic E-state index is 0.279. The zero-order chi connectivity index (χ0) is 15.5. The van der Waals surface area contributed by atoms with Crippen molar-refractivity contribution >= 4 is 27.7 Å². The predicted octanol–water partition coefficient (Wildman–Crippen LogP) is 2.59. The maximum Gasteiger partial charge on any atom is 0.355 e. The van der Waals surface area contributed by atoms with E-state index >= 15 is 0 Å². The summed E-state index contributed by atoms with van der Waals surface area (Å²) >= 11 is 3.22. The molecule has 0 spiro atoms. The Morgan fingerprint density at radius 3 is 2.68 bits per heavy atom. The van der Waals surface area contributed by atoms with Gasteiger partial charge < -0.3 is 19.2 Å². The number of Topliss-reactive ketones (excluding diaryl/α,β-unsaturated/α-hetero) is 1. The third kappa shape index (κ3) is 3.14. The lowest BCUT2D eigenvalue weighted by atomic mass is 10.1. The van der Waals surface area contributed by atoms with Gasteiger partial charge in [0.15, 0.2) is 23.9 Å². The average Bonchev–Trinajstić information content (AvgIpc) is 2.98. The van der Waals surface area contributed by atoms with E-state index in [0.29, 0.717) is 30.3 Å². The van der Waals surface area contributed by atoms with Gasteiger partial charge in [0, 0.05) is 16.2 Å². The van der Waals surface area contributed by atoms with E-state index < -0.39 is 5.97 Å². The SMILES string of the molecule is O=C(COC(=O)c1cc(Br)c[nH]1)c1ccc2c(c1)OCCO2. The predicted molar refractivity (Wildman–Crippen MR) is 80.5 cm³/mol. The van der Waals surface area contributed by atoms with Crippen molar-refractivity contribution in [1.29, 1.82) is 0 Å². The lowest BCUT2D eigenvalue weighted by Gasteiger charge is -2.18. The number of carbonyl (C=O) groups is 2. The van der Waals surface area contributed by atoms with Crippen molar-refractivity contribution in [2.75, 3.05) is 19.8 Å². The number of H-pyrrole nitrogens is 1. The molecule has 0 aliphatic carbocycles. The van der Waals surface area contributed by atoms with E-state index in [1.807, 2.05) is 0 Å². The molecule has 0 saturated heterocycles. The number of benzene rings is 1. The highest BCUT2D eigenvalue weighted by Crippen LogP contribution is 2.30. The molecular weight excluding hydrogens is 354 g/mol. The van der Waals surface area contributed by atoms with E-state index in [4.69, 9.17) is 14.2 Å². The zero-order valence-corrected chi connectivity index (χ0v) is 13.0. The fraction of sp³-hybridized carbons (Fsp3) is 0.200. The molecule has 1 aromatic carbocycles. The number of halogens is 1. The van der Waals surface area contributed by atoms with Crippen LogP contribution in [0, 0.1) is 0 Å². The van der Waals surface area contributed by atoms with Gasteiger partial charge in [0.25, 0.3) is 0 Å². The van der Waals surface area contributed by atoms with Crippen LogP contribution in [0.1, 0.15) is 20.8 Å². The van der Waals surface area contributed by atoms with Crippen molar-refractivity contribution in [3.8, 4) is 11.5 Å². The highest BCUT2D eigenvalue weighted by atomic mass is 79.9. The number of ether oxygens (including phenoxy) is 3. The molecule has 2 aromatic rings. The largest absolute Gasteiger partial charge is 0.486 e. The van der Waals surface area contributed by atoms with Crippen LogP contribution in [0.25, 0.3) is 0 Å². The molecule has 1 aromatic heterocycles. The van der Waals surface area contributed by atoms with E-state index in [0.717, 1.165) is 4.47 Å². The van der Waals surface area contributed by atoms with E-state index in [-0.39, 0.29) is 18.1 Å². The number of fused-ring (bicyclic) bond motifs is 1. The normalized spacial score (nSPS) is 12.8. The summed E-state index contributed by atoms with van der Waals surface area (Å²) in [5.74, 6) is 0.236. The van der Waals surface area contributed by atoms with Crippen LogP contribution in [0.4, 0.5) is 0 Å². The molecule has 1 N–H and O–H groups in total. The number of carbonyl (C=O) groups excluding carboxylic acids is 2. The van der Waals surface area contributed by atoms with Gasteiger partial charge in [-0.1, -0.05) is 0 Å². The molecule has 0 atom stereocenters. The van der Waals surface area contributed by atoms with Gasteiger partial charge in [-0.3, -0.25) is 4.79 Å². The van der Waals surface area contributed by atoms with E-state index in [2.05, 4.69) is 20.9 Å².